The fourth-order valence-corrected chi connectivity index (χ4v) is 6.36. The van der Waals surface area contributed by atoms with Gasteiger partial charge in [0, 0.05) is 13.2 Å². The lowest BCUT2D eigenvalue weighted by Crippen LogP contribution is -2.47. The number of aliphatic hydroxyl groups excluding tert-OH is 1. The van der Waals surface area contributed by atoms with Crippen molar-refractivity contribution in [3.05, 3.63) is 31.2 Å². The Morgan fingerprint density at radius 3 is 1.17 bits per heavy atom. The van der Waals surface area contributed by atoms with Crippen molar-refractivity contribution < 1.29 is 14.6 Å². The number of hydrogen-bond donors (Lipinski definition) is 1. The van der Waals surface area contributed by atoms with Gasteiger partial charge >= 0.3 is 0 Å². The Hall–Kier alpha value is -0.640. The normalized spacial score (nSPS) is 14.4. The van der Waals surface area contributed by atoms with Crippen molar-refractivity contribution in [2.24, 2.45) is 5.41 Å². The molecule has 1 N–H and O–H groups in total. The lowest BCUT2D eigenvalue weighted by atomic mass is 9.80. The van der Waals surface area contributed by atoms with E-state index >= 15 is 0 Å². The number of ether oxygens (including phenoxy) is 2. The molecule has 1 radical (unpaired) electrons. The van der Waals surface area contributed by atoms with Gasteiger partial charge in [0.2, 0.25) is 0 Å². The third-order valence-electron chi connectivity index (χ3n) is 10.2. The van der Waals surface area contributed by atoms with E-state index < -0.39 is 6.10 Å². The van der Waals surface area contributed by atoms with Crippen LogP contribution in [0.1, 0.15) is 221 Å². The zero-order valence-electron chi connectivity index (χ0n) is 33.4. The van der Waals surface area contributed by atoms with E-state index in [0.717, 1.165) is 19.4 Å². The van der Waals surface area contributed by atoms with Crippen LogP contribution in [0.25, 0.3) is 0 Å². The van der Waals surface area contributed by atoms with E-state index in [2.05, 4.69) is 65.8 Å². The van der Waals surface area contributed by atoms with Gasteiger partial charge in [-0.25, -0.2) is 0 Å². The molecule has 0 saturated carbocycles. The molecule has 0 spiro atoms. The summed E-state index contributed by atoms with van der Waals surface area (Å²) in [4.78, 5) is 0. The third kappa shape index (κ3) is 30.2. The van der Waals surface area contributed by atoms with E-state index in [9.17, 15) is 5.11 Å². The van der Waals surface area contributed by atoms with E-state index in [1.807, 2.05) is 0 Å². The Morgan fingerprint density at radius 1 is 0.500 bits per heavy atom. The number of aliphatic hydroxyl groups is 1. The summed E-state index contributed by atoms with van der Waals surface area (Å²) >= 11 is 0. The van der Waals surface area contributed by atoms with Crippen molar-refractivity contribution in [3.8, 4) is 0 Å². The molecule has 0 bridgehead atoms. The average Bonchev–Trinajstić information content (AvgIpc) is 3.08. The number of unbranched alkanes of at least 4 members (excludes halogenated alkanes) is 24. The molecular formula is C45H87O3. The summed E-state index contributed by atoms with van der Waals surface area (Å²) in [6.07, 6.45) is 45.9. The second kappa shape index (κ2) is 36.2. The van der Waals surface area contributed by atoms with Gasteiger partial charge in [-0.2, -0.15) is 0 Å². The van der Waals surface area contributed by atoms with Gasteiger partial charge in [-0.1, -0.05) is 174 Å². The Labute approximate surface area is 302 Å². The van der Waals surface area contributed by atoms with E-state index in [-0.39, 0.29) is 17.6 Å². The molecule has 0 heterocycles. The molecule has 0 aromatic heterocycles. The lowest BCUT2D eigenvalue weighted by molar-refractivity contribution is -0.146. The highest BCUT2D eigenvalue weighted by atomic mass is 16.5. The van der Waals surface area contributed by atoms with Crippen LogP contribution in [-0.4, -0.2) is 36.6 Å². The Morgan fingerprint density at radius 2 is 0.812 bits per heavy atom. The predicted molar refractivity (Wildman–Crippen MR) is 214 cm³/mol. The van der Waals surface area contributed by atoms with Crippen LogP contribution in [0.2, 0.25) is 0 Å². The minimum absolute atomic E-state index is 0.122. The summed E-state index contributed by atoms with van der Waals surface area (Å²) in [7, 11) is 0. The first-order valence-corrected chi connectivity index (χ1v) is 21.4. The Bertz CT molecular complexity index is 684. The molecule has 3 unspecified atom stereocenters. The summed E-state index contributed by atoms with van der Waals surface area (Å²) in [6.45, 7) is 16.3. The van der Waals surface area contributed by atoms with Crippen LogP contribution in [0.3, 0.4) is 0 Å². The molecule has 0 amide bonds. The van der Waals surface area contributed by atoms with Crippen molar-refractivity contribution in [3.63, 3.8) is 0 Å². The quantitative estimate of drug-likeness (QED) is 0.0523. The van der Waals surface area contributed by atoms with Crippen LogP contribution < -0.4 is 0 Å². The molecule has 0 fully saturated rings. The van der Waals surface area contributed by atoms with Crippen molar-refractivity contribution >= 4 is 0 Å². The monoisotopic (exact) mass is 676 g/mol. The smallest absolute Gasteiger partial charge is 0.110 e. The standard InChI is InChI=1S/C45H87O3/c1-7-10-12-14-16-18-20-22-24-26-28-30-32-34-36-38-40-47-42(4)43(44(46)45(5,6)9-3)48-41-39-37-35-33-31-29-27-25-23-21-19-17-15-13-11-8-2/h22-25,42-44,46H,3,7-21,26-41H2,1-2,4-6H3/b24-22-,25-23-. The maximum absolute atomic E-state index is 11.2. The third-order valence-corrected chi connectivity index (χ3v) is 10.2. The van der Waals surface area contributed by atoms with Crippen molar-refractivity contribution in [2.75, 3.05) is 13.2 Å². The van der Waals surface area contributed by atoms with Crippen molar-refractivity contribution in [1.29, 1.82) is 0 Å². The topological polar surface area (TPSA) is 38.7 Å². The summed E-state index contributed by atoms with van der Waals surface area (Å²) < 4.78 is 12.6. The zero-order chi connectivity index (χ0) is 35.4. The fourth-order valence-electron chi connectivity index (χ4n) is 6.36. The summed E-state index contributed by atoms with van der Waals surface area (Å²) in [5.41, 5.74) is -0.297. The largest absolute Gasteiger partial charge is 0.390 e. The number of hydrogen-bond acceptors (Lipinski definition) is 3. The number of rotatable bonds is 38. The van der Waals surface area contributed by atoms with E-state index in [1.54, 1.807) is 0 Å². The van der Waals surface area contributed by atoms with Crippen LogP contribution >= 0.6 is 0 Å². The Kier molecular flexibility index (Phi) is 35.7. The van der Waals surface area contributed by atoms with Crippen LogP contribution in [-0.2, 0) is 9.47 Å². The van der Waals surface area contributed by atoms with Gasteiger partial charge in [-0.15, -0.1) is 0 Å². The van der Waals surface area contributed by atoms with Crippen LogP contribution in [0.5, 0.6) is 0 Å². The highest BCUT2D eigenvalue weighted by Crippen LogP contribution is 2.30. The van der Waals surface area contributed by atoms with Gasteiger partial charge in [0.15, 0.2) is 0 Å². The van der Waals surface area contributed by atoms with Gasteiger partial charge in [0.05, 0.1) is 12.2 Å². The van der Waals surface area contributed by atoms with Crippen LogP contribution in [0.15, 0.2) is 24.3 Å². The summed E-state index contributed by atoms with van der Waals surface area (Å²) in [6, 6.07) is 0. The maximum Gasteiger partial charge on any atom is 0.110 e. The highest BCUT2D eigenvalue weighted by Gasteiger charge is 2.37. The molecule has 0 aliphatic heterocycles. The van der Waals surface area contributed by atoms with E-state index in [1.165, 1.54) is 167 Å². The maximum atomic E-state index is 11.2. The van der Waals surface area contributed by atoms with Gasteiger partial charge in [-0.3, -0.25) is 0 Å². The first kappa shape index (κ1) is 47.4. The lowest BCUT2D eigenvalue weighted by Gasteiger charge is -2.37. The zero-order valence-corrected chi connectivity index (χ0v) is 33.4. The predicted octanol–water partition coefficient (Wildman–Crippen LogP) is 14.5. The van der Waals surface area contributed by atoms with Crippen LogP contribution in [0.4, 0.5) is 0 Å². The first-order chi connectivity index (χ1) is 23.4. The molecule has 0 aliphatic carbocycles. The molecule has 3 nitrogen and oxygen atoms in total. The number of allylic oxidation sites excluding steroid dienone is 4. The fraction of sp³-hybridized carbons (Fsp3) is 0.889. The van der Waals surface area contributed by atoms with Crippen molar-refractivity contribution in [1.82, 2.24) is 0 Å². The summed E-state index contributed by atoms with van der Waals surface area (Å²) in [5, 5.41) is 11.2. The molecule has 0 rings (SSSR count). The van der Waals surface area contributed by atoms with Gasteiger partial charge in [0.1, 0.15) is 6.10 Å². The second-order valence-corrected chi connectivity index (χ2v) is 15.5. The molecule has 0 aliphatic rings. The highest BCUT2D eigenvalue weighted by molar-refractivity contribution is 4.88. The molecule has 3 heteroatoms. The molecule has 0 aromatic rings. The molecule has 0 aromatic carbocycles. The summed E-state index contributed by atoms with van der Waals surface area (Å²) in [5.74, 6) is 0. The first-order valence-electron chi connectivity index (χ1n) is 21.4. The van der Waals surface area contributed by atoms with Crippen molar-refractivity contribution in [2.45, 2.75) is 239 Å². The molecular weight excluding hydrogens is 588 g/mol. The van der Waals surface area contributed by atoms with Gasteiger partial charge < -0.3 is 14.6 Å². The average molecular weight is 676 g/mol. The van der Waals surface area contributed by atoms with E-state index in [4.69, 9.17) is 9.47 Å². The second-order valence-electron chi connectivity index (χ2n) is 15.5. The van der Waals surface area contributed by atoms with Gasteiger partial charge in [-0.05, 0) is 83.0 Å². The molecule has 285 valence electrons. The molecule has 3 atom stereocenters. The Balaban J connectivity index is 3.98. The SMILES string of the molecule is [CH2]CC(C)(C)C(O)C(OCCCCCCCC/C=C\CCCCCCCC)C(C)OCCCCCCCC/C=C\CCCCCCCC. The van der Waals surface area contributed by atoms with E-state index in [0.29, 0.717) is 13.0 Å². The van der Waals surface area contributed by atoms with Crippen LogP contribution in [0, 0.1) is 12.3 Å². The minimum Gasteiger partial charge on any atom is -0.390 e. The van der Waals surface area contributed by atoms with Gasteiger partial charge in [0.25, 0.3) is 0 Å². The minimum atomic E-state index is -0.584. The molecule has 48 heavy (non-hydrogen) atoms. The molecule has 0 saturated heterocycles.